The Morgan fingerprint density at radius 1 is 1.30 bits per heavy atom. The van der Waals surface area contributed by atoms with Crippen molar-refractivity contribution in [2.24, 2.45) is 0 Å². The molecule has 0 unspecified atom stereocenters. The van der Waals surface area contributed by atoms with Gasteiger partial charge >= 0.3 is 0 Å². The van der Waals surface area contributed by atoms with Crippen LogP contribution >= 0.6 is 11.6 Å². The molecule has 1 aromatic heterocycles. The van der Waals surface area contributed by atoms with Crippen molar-refractivity contribution in [3.8, 4) is 11.3 Å². The number of carbonyl (C=O) groups excluding carboxylic acids is 1. The van der Waals surface area contributed by atoms with E-state index in [0.29, 0.717) is 23.3 Å². The molecule has 6 heteroatoms. The molecule has 1 heterocycles. The molecule has 0 saturated heterocycles. The van der Waals surface area contributed by atoms with E-state index < -0.39 is 0 Å². The Hall–Kier alpha value is -1.85. The zero-order valence-electron chi connectivity index (χ0n) is 12.8. The number of aromatic amines is 1. The molecule has 1 aromatic carbocycles. The Bertz CT molecular complexity index is 665. The molecule has 0 radical (unpaired) electrons. The van der Waals surface area contributed by atoms with Crippen molar-refractivity contribution >= 4 is 17.5 Å². The summed E-state index contributed by atoms with van der Waals surface area (Å²) in [7, 11) is 0. The lowest BCUT2D eigenvalue weighted by molar-refractivity contribution is 0.0731. The molecule has 1 aliphatic rings. The average Bonchev–Trinajstić information content (AvgIpc) is 3.27. The molecule has 23 heavy (non-hydrogen) atoms. The maximum absolute atomic E-state index is 12.7. The number of benzene rings is 1. The number of aliphatic hydroxyl groups is 1. The van der Waals surface area contributed by atoms with E-state index in [0.717, 1.165) is 36.9 Å². The number of amides is 1. The number of hydrogen-bond donors (Lipinski definition) is 2. The first-order valence-corrected chi connectivity index (χ1v) is 8.30. The fraction of sp³-hybridized carbons (Fsp3) is 0.412. The van der Waals surface area contributed by atoms with Crippen LogP contribution in [0, 0.1) is 0 Å². The SMILES string of the molecule is O=C(c1cc(-c2ccc(Cl)cc2)n[nH]1)N(CCCCO)C1CC1. The highest BCUT2D eigenvalue weighted by Gasteiger charge is 2.33. The second kappa shape index (κ2) is 7.15. The van der Waals surface area contributed by atoms with Gasteiger partial charge in [-0.2, -0.15) is 5.10 Å². The molecular formula is C17H20ClN3O2. The van der Waals surface area contributed by atoms with Gasteiger partial charge in [-0.05, 0) is 43.9 Å². The fourth-order valence-corrected chi connectivity index (χ4v) is 2.71. The summed E-state index contributed by atoms with van der Waals surface area (Å²) in [5.74, 6) is -0.0156. The number of unbranched alkanes of at least 4 members (excludes halogenated alkanes) is 1. The molecule has 2 aromatic rings. The first kappa shape index (κ1) is 16.0. The van der Waals surface area contributed by atoms with Crippen LogP contribution in [0.15, 0.2) is 30.3 Å². The Morgan fingerprint density at radius 3 is 2.70 bits per heavy atom. The minimum atomic E-state index is -0.0156. The topological polar surface area (TPSA) is 69.2 Å². The van der Waals surface area contributed by atoms with Crippen LogP contribution in [0.2, 0.25) is 5.02 Å². The molecule has 0 spiro atoms. The summed E-state index contributed by atoms with van der Waals surface area (Å²) in [5.41, 5.74) is 2.16. The molecule has 3 rings (SSSR count). The van der Waals surface area contributed by atoms with E-state index in [1.165, 1.54) is 0 Å². The normalized spacial score (nSPS) is 14.0. The van der Waals surface area contributed by atoms with Gasteiger partial charge in [0.25, 0.3) is 5.91 Å². The van der Waals surface area contributed by atoms with Gasteiger partial charge in [-0.15, -0.1) is 0 Å². The molecule has 0 atom stereocenters. The Morgan fingerprint density at radius 2 is 2.04 bits per heavy atom. The first-order chi connectivity index (χ1) is 11.2. The van der Waals surface area contributed by atoms with E-state index in [9.17, 15) is 4.79 Å². The highest BCUT2D eigenvalue weighted by molar-refractivity contribution is 6.30. The van der Waals surface area contributed by atoms with Crippen molar-refractivity contribution in [3.05, 3.63) is 41.0 Å². The lowest BCUT2D eigenvalue weighted by Crippen LogP contribution is -2.34. The lowest BCUT2D eigenvalue weighted by Gasteiger charge is -2.21. The maximum Gasteiger partial charge on any atom is 0.272 e. The highest BCUT2D eigenvalue weighted by Crippen LogP contribution is 2.29. The first-order valence-electron chi connectivity index (χ1n) is 7.92. The number of aliphatic hydroxyl groups excluding tert-OH is 1. The number of aromatic nitrogens is 2. The Balaban J connectivity index is 1.72. The quantitative estimate of drug-likeness (QED) is 0.765. The molecule has 1 fully saturated rings. The number of rotatable bonds is 7. The minimum Gasteiger partial charge on any atom is -0.396 e. The summed E-state index contributed by atoms with van der Waals surface area (Å²) in [4.78, 5) is 14.6. The summed E-state index contributed by atoms with van der Waals surface area (Å²) in [6, 6.07) is 9.49. The van der Waals surface area contributed by atoms with Gasteiger partial charge in [0.15, 0.2) is 0 Å². The number of hydrogen-bond acceptors (Lipinski definition) is 3. The summed E-state index contributed by atoms with van der Waals surface area (Å²) in [6.07, 6.45) is 3.65. The highest BCUT2D eigenvalue weighted by atomic mass is 35.5. The standard InChI is InChI=1S/C17H20ClN3O2/c18-13-5-3-12(4-6-13)15-11-16(20-19-15)17(23)21(14-7-8-14)9-1-2-10-22/h3-6,11,14,22H,1-2,7-10H2,(H,19,20). The van der Waals surface area contributed by atoms with Crippen molar-refractivity contribution < 1.29 is 9.90 Å². The number of nitrogens with one attached hydrogen (secondary N) is 1. The molecule has 0 aliphatic heterocycles. The predicted octanol–water partition coefficient (Wildman–Crippen LogP) is 3.11. The molecule has 5 nitrogen and oxygen atoms in total. The summed E-state index contributed by atoms with van der Waals surface area (Å²) in [6.45, 7) is 0.844. The van der Waals surface area contributed by atoms with Gasteiger partial charge in [-0.25, -0.2) is 0 Å². The van der Waals surface area contributed by atoms with Crippen molar-refractivity contribution in [1.82, 2.24) is 15.1 Å². The van der Waals surface area contributed by atoms with Crippen molar-refractivity contribution in [1.29, 1.82) is 0 Å². The summed E-state index contributed by atoms with van der Waals surface area (Å²) >= 11 is 5.89. The smallest absolute Gasteiger partial charge is 0.272 e. The van der Waals surface area contributed by atoms with Crippen LogP contribution in [0.25, 0.3) is 11.3 Å². The Labute approximate surface area is 140 Å². The predicted molar refractivity (Wildman–Crippen MR) is 89.4 cm³/mol. The third-order valence-electron chi connectivity index (χ3n) is 4.00. The second-order valence-electron chi connectivity index (χ2n) is 5.83. The third-order valence-corrected chi connectivity index (χ3v) is 4.26. The molecule has 2 N–H and O–H groups in total. The lowest BCUT2D eigenvalue weighted by atomic mass is 10.1. The van der Waals surface area contributed by atoms with Gasteiger partial charge in [-0.3, -0.25) is 9.89 Å². The number of H-pyrrole nitrogens is 1. The number of halogens is 1. The summed E-state index contributed by atoms with van der Waals surface area (Å²) in [5, 5.41) is 16.7. The molecule has 0 bridgehead atoms. The molecule has 1 saturated carbocycles. The largest absolute Gasteiger partial charge is 0.396 e. The van der Waals surface area contributed by atoms with Gasteiger partial charge in [-0.1, -0.05) is 23.7 Å². The van der Waals surface area contributed by atoms with Gasteiger partial charge in [0, 0.05) is 29.8 Å². The van der Waals surface area contributed by atoms with Crippen LogP contribution in [0.4, 0.5) is 0 Å². The monoisotopic (exact) mass is 333 g/mol. The second-order valence-corrected chi connectivity index (χ2v) is 6.27. The molecule has 1 amide bonds. The van der Waals surface area contributed by atoms with Crippen LogP contribution in [-0.4, -0.2) is 45.3 Å². The van der Waals surface area contributed by atoms with E-state index in [-0.39, 0.29) is 12.5 Å². The third kappa shape index (κ3) is 3.92. The van der Waals surface area contributed by atoms with E-state index >= 15 is 0 Å². The van der Waals surface area contributed by atoms with Crippen LogP contribution in [0.5, 0.6) is 0 Å². The van der Waals surface area contributed by atoms with Gasteiger partial charge in [0.05, 0.1) is 5.69 Å². The average molecular weight is 334 g/mol. The fourth-order valence-electron chi connectivity index (χ4n) is 2.58. The van der Waals surface area contributed by atoms with Crippen LogP contribution in [-0.2, 0) is 0 Å². The summed E-state index contributed by atoms with van der Waals surface area (Å²) < 4.78 is 0. The molecule has 122 valence electrons. The molecule has 1 aliphatic carbocycles. The van der Waals surface area contributed by atoms with E-state index in [2.05, 4.69) is 10.2 Å². The van der Waals surface area contributed by atoms with Crippen LogP contribution in [0.3, 0.4) is 0 Å². The number of carbonyl (C=O) groups is 1. The Kier molecular flexibility index (Phi) is 4.98. The van der Waals surface area contributed by atoms with E-state index in [4.69, 9.17) is 16.7 Å². The van der Waals surface area contributed by atoms with E-state index in [1.807, 2.05) is 17.0 Å². The minimum absolute atomic E-state index is 0.0156. The van der Waals surface area contributed by atoms with E-state index in [1.54, 1.807) is 18.2 Å². The van der Waals surface area contributed by atoms with Gasteiger partial charge in [0.1, 0.15) is 5.69 Å². The maximum atomic E-state index is 12.7. The van der Waals surface area contributed by atoms with Gasteiger partial charge in [0.2, 0.25) is 0 Å². The van der Waals surface area contributed by atoms with Crippen molar-refractivity contribution in [3.63, 3.8) is 0 Å². The van der Waals surface area contributed by atoms with Crippen LogP contribution < -0.4 is 0 Å². The number of nitrogens with zero attached hydrogens (tertiary/aromatic N) is 2. The van der Waals surface area contributed by atoms with Crippen LogP contribution in [0.1, 0.15) is 36.2 Å². The van der Waals surface area contributed by atoms with Gasteiger partial charge < -0.3 is 10.0 Å². The zero-order valence-corrected chi connectivity index (χ0v) is 13.6. The van der Waals surface area contributed by atoms with Crippen molar-refractivity contribution in [2.45, 2.75) is 31.7 Å². The molecular weight excluding hydrogens is 314 g/mol. The van der Waals surface area contributed by atoms with Crippen molar-refractivity contribution in [2.75, 3.05) is 13.2 Å². The zero-order chi connectivity index (χ0) is 16.2.